The number of rotatable bonds is 5. The number of amides is 1. The molecular weight excluding hydrogens is 395 g/mol. The zero-order chi connectivity index (χ0) is 21.1. The van der Waals surface area contributed by atoms with Crippen molar-refractivity contribution in [3.8, 4) is 0 Å². The van der Waals surface area contributed by atoms with Gasteiger partial charge in [-0.15, -0.1) is 0 Å². The molecule has 0 radical (unpaired) electrons. The van der Waals surface area contributed by atoms with E-state index in [0.717, 1.165) is 35.0 Å². The van der Waals surface area contributed by atoms with Gasteiger partial charge in [0.05, 0.1) is 36.5 Å². The van der Waals surface area contributed by atoms with E-state index in [2.05, 4.69) is 16.0 Å². The topological polar surface area (TPSA) is 81.3 Å². The van der Waals surface area contributed by atoms with Crippen LogP contribution in [0.5, 0.6) is 0 Å². The van der Waals surface area contributed by atoms with E-state index in [1.165, 1.54) is 24.5 Å². The first kappa shape index (κ1) is 18.7. The van der Waals surface area contributed by atoms with Gasteiger partial charge in [-0.1, -0.05) is 6.07 Å². The zero-order valence-electron chi connectivity index (χ0n) is 17.1. The molecule has 6 nitrogen and oxygen atoms in total. The van der Waals surface area contributed by atoms with Gasteiger partial charge in [0.15, 0.2) is 0 Å². The number of nitrogens with two attached hydrogens (primary N) is 1. The molecule has 1 aromatic carbocycles. The molecule has 3 aliphatic rings. The Kier molecular flexibility index (Phi) is 4.21. The van der Waals surface area contributed by atoms with Crippen molar-refractivity contribution in [3.63, 3.8) is 0 Å². The maximum atomic E-state index is 15.0. The molecule has 3 heterocycles. The van der Waals surface area contributed by atoms with Gasteiger partial charge >= 0.3 is 0 Å². The number of pyridine rings is 2. The number of nitrogen functional groups attached to an aromatic ring is 1. The summed E-state index contributed by atoms with van der Waals surface area (Å²) in [6.45, 7) is 1.16. The maximum absolute atomic E-state index is 15.0. The average Bonchev–Trinajstić information content (AvgIpc) is 3.70. The van der Waals surface area contributed by atoms with Gasteiger partial charge in [-0.25, -0.2) is 9.37 Å². The maximum Gasteiger partial charge on any atom is 0.257 e. The first-order chi connectivity index (χ1) is 15.1. The van der Waals surface area contributed by atoms with Crippen LogP contribution in [0.4, 0.5) is 10.2 Å². The third-order valence-electron chi connectivity index (χ3n) is 6.53. The summed E-state index contributed by atoms with van der Waals surface area (Å²) in [5.74, 6) is 0.118. The van der Waals surface area contributed by atoms with Crippen LogP contribution in [0, 0.1) is 5.82 Å². The Morgan fingerprint density at radius 1 is 1.16 bits per heavy atom. The van der Waals surface area contributed by atoms with Crippen LogP contribution in [0.3, 0.4) is 0 Å². The summed E-state index contributed by atoms with van der Waals surface area (Å²) in [6, 6.07) is 7.15. The minimum Gasteiger partial charge on any atom is -0.383 e. The minimum absolute atomic E-state index is 0.0645. The molecule has 0 atom stereocenters. The number of fused-ring (bicyclic) bond motifs is 3. The Labute approximate surface area is 179 Å². The van der Waals surface area contributed by atoms with E-state index < -0.39 is 5.82 Å². The molecule has 0 unspecified atom stereocenters. The standard InChI is InChI=1S/C24H23FN4O2/c25-21-8-22-17(19-11-31-12-20(19)23(26)28-22)7-18(21)24(30)29(16-5-6-16)10-15-4-3-14(9-27-15)13-1-2-13/h3-4,7-9,13,16H,1-2,5-6,10-12H2,(H2,26,28). The second-order valence-electron chi connectivity index (χ2n) is 8.82. The first-order valence-electron chi connectivity index (χ1n) is 10.8. The predicted octanol–water partition coefficient (Wildman–Crippen LogP) is 4.06. The van der Waals surface area contributed by atoms with Crippen LogP contribution in [-0.4, -0.2) is 26.8 Å². The summed E-state index contributed by atoms with van der Waals surface area (Å²) in [7, 11) is 0. The van der Waals surface area contributed by atoms with Crippen LogP contribution in [0.2, 0.25) is 0 Å². The monoisotopic (exact) mass is 418 g/mol. The van der Waals surface area contributed by atoms with Gasteiger partial charge in [0.25, 0.3) is 5.91 Å². The second kappa shape index (κ2) is 6.99. The summed E-state index contributed by atoms with van der Waals surface area (Å²) in [6.07, 6.45) is 6.23. The van der Waals surface area contributed by atoms with Crippen molar-refractivity contribution in [2.45, 2.75) is 57.4 Å². The van der Waals surface area contributed by atoms with Gasteiger partial charge in [0.1, 0.15) is 11.6 Å². The number of benzene rings is 1. The van der Waals surface area contributed by atoms with Crippen LogP contribution in [-0.2, 0) is 24.5 Å². The molecule has 2 aromatic heterocycles. The van der Waals surface area contributed by atoms with Crippen molar-refractivity contribution in [2.24, 2.45) is 0 Å². The zero-order valence-corrected chi connectivity index (χ0v) is 17.1. The van der Waals surface area contributed by atoms with E-state index in [0.29, 0.717) is 37.0 Å². The third-order valence-corrected chi connectivity index (χ3v) is 6.53. The normalized spacial score (nSPS) is 17.7. The fraction of sp³-hybridized carbons (Fsp3) is 0.375. The molecule has 7 heteroatoms. The van der Waals surface area contributed by atoms with E-state index in [1.807, 2.05) is 12.3 Å². The largest absolute Gasteiger partial charge is 0.383 e. The molecule has 6 rings (SSSR count). The molecule has 2 aliphatic carbocycles. The molecule has 2 fully saturated rings. The highest BCUT2D eigenvalue weighted by Crippen LogP contribution is 2.40. The fourth-order valence-corrected chi connectivity index (χ4v) is 4.43. The Bertz CT molecular complexity index is 1200. The number of nitrogens with zero attached hydrogens (tertiary/aromatic N) is 3. The third kappa shape index (κ3) is 3.33. The summed E-state index contributed by atoms with van der Waals surface area (Å²) in [5.41, 5.74) is 10.3. The molecule has 2 N–H and O–H groups in total. The second-order valence-corrected chi connectivity index (χ2v) is 8.82. The molecular formula is C24H23FN4O2. The Morgan fingerprint density at radius 3 is 2.68 bits per heavy atom. The van der Waals surface area contributed by atoms with E-state index in [1.54, 1.807) is 11.0 Å². The van der Waals surface area contributed by atoms with Crippen LogP contribution < -0.4 is 5.73 Å². The number of halogens is 1. The Morgan fingerprint density at radius 2 is 1.97 bits per heavy atom. The van der Waals surface area contributed by atoms with Crippen LogP contribution in [0.15, 0.2) is 30.5 Å². The van der Waals surface area contributed by atoms with Crippen molar-refractivity contribution in [1.82, 2.24) is 14.9 Å². The molecule has 1 aliphatic heterocycles. The lowest BCUT2D eigenvalue weighted by molar-refractivity contribution is 0.0723. The number of hydrogen-bond donors (Lipinski definition) is 1. The van der Waals surface area contributed by atoms with Gasteiger partial charge in [0.2, 0.25) is 0 Å². The number of ether oxygens (including phenoxy) is 1. The highest BCUT2D eigenvalue weighted by Gasteiger charge is 2.35. The predicted molar refractivity (Wildman–Crippen MR) is 114 cm³/mol. The van der Waals surface area contributed by atoms with Crippen molar-refractivity contribution in [2.75, 3.05) is 5.73 Å². The number of carbonyl (C=O) groups is 1. The Hall–Kier alpha value is -3.06. The van der Waals surface area contributed by atoms with E-state index in [9.17, 15) is 4.79 Å². The molecule has 2 saturated carbocycles. The van der Waals surface area contributed by atoms with Crippen LogP contribution in [0.25, 0.3) is 10.9 Å². The van der Waals surface area contributed by atoms with E-state index in [4.69, 9.17) is 10.5 Å². The lowest BCUT2D eigenvalue weighted by Crippen LogP contribution is -2.33. The summed E-state index contributed by atoms with van der Waals surface area (Å²) < 4.78 is 20.5. The van der Waals surface area contributed by atoms with E-state index in [-0.39, 0.29) is 17.5 Å². The quantitative estimate of drug-likeness (QED) is 0.676. The van der Waals surface area contributed by atoms with Gasteiger partial charge in [-0.2, -0.15) is 0 Å². The first-order valence-corrected chi connectivity index (χ1v) is 10.8. The molecule has 3 aromatic rings. The van der Waals surface area contributed by atoms with Crippen molar-refractivity contribution < 1.29 is 13.9 Å². The lowest BCUT2D eigenvalue weighted by atomic mass is 10.0. The molecule has 31 heavy (non-hydrogen) atoms. The number of carbonyl (C=O) groups excluding carboxylic acids is 1. The van der Waals surface area contributed by atoms with Crippen LogP contribution in [0.1, 0.15) is 64.3 Å². The highest BCUT2D eigenvalue weighted by molar-refractivity contribution is 5.99. The SMILES string of the molecule is Nc1nc2cc(F)c(C(=O)N(Cc3ccc(C4CC4)cn3)C3CC3)cc2c2c1COC2. The Balaban J connectivity index is 1.34. The number of anilines is 1. The van der Waals surface area contributed by atoms with Crippen molar-refractivity contribution in [1.29, 1.82) is 0 Å². The summed E-state index contributed by atoms with van der Waals surface area (Å²) in [4.78, 5) is 24.1. The minimum atomic E-state index is -0.578. The van der Waals surface area contributed by atoms with Gasteiger partial charge in [0, 0.05) is 29.3 Å². The number of aromatic nitrogens is 2. The summed E-state index contributed by atoms with van der Waals surface area (Å²) in [5, 5.41) is 0.731. The molecule has 0 bridgehead atoms. The highest BCUT2D eigenvalue weighted by atomic mass is 19.1. The molecule has 0 saturated heterocycles. The molecule has 1 amide bonds. The van der Waals surface area contributed by atoms with Gasteiger partial charge < -0.3 is 15.4 Å². The lowest BCUT2D eigenvalue weighted by Gasteiger charge is -2.23. The van der Waals surface area contributed by atoms with Gasteiger partial charge in [-0.3, -0.25) is 9.78 Å². The van der Waals surface area contributed by atoms with Crippen molar-refractivity contribution >= 4 is 22.6 Å². The molecule has 0 spiro atoms. The molecule has 158 valence electrons. The number of hydrogen-bond acceptors (Lipinski definition) is 5. The average molecular weight is 418 g/mol. The van der Waals surface area contributed by atoms with Crippen LogP contribution >= 0.6 is 0 Å². The van der Waals surface area contributed by atoms with E-state index >= 15 is 4.39 Å². The van der Waals surface area contributed by atoms with Crippen molar-refractivity contribution in [3.05, 3.63) is 64.2 Å². The fourth-order valence-electron chi connectivity index (χ4n) is 4.43. The smallest absolute Gasteiger partial charge is 0.257 e. The summed E-state index contributed by atoms with van der Waals surface area (Å²) >= 11 is 0. The van der Waals surface area contributed by atoms with Gasteiger partial charge in [-0.05, 0) is 54.9 Å².